The molecule has 1 unspecified atom stereocenters. The van der Waals surface area contributed by atoms with E-state index in [-0.39, 0.29) is 0 Å². The monoisotopic (exact) mass is 324 g/mol. The third-order valence-corrected chi connectivity index (χ3v) is 5.05. The second-order valence-electron chi connectivity index (χ2n) is 6.98. The smallest absolute Gasteiger partial charge is 0.107 e. The fraction of sp³-hybridized carbons (Fsp3) is 0.588. The van der Waals surface area contributed by atoms with Crippen LogP contribution in [0.4, 0.5) is 5.69 Å². The first-order valence-corrected chi connectivity index (χ1v) is 8.42. The average Bonchev–Trinajstić information content (AvgIpc) is 2.63. The van der Waals surface area contributed by atoms with Crippen molar-refractivity contribution in [2.75, 3.05) is 18.0 Å². The van der Waals surface area contributed by atoms with Crippen molar-refractivity contribution in [1.29, 1.82) is 0 Å². The zero-order valence-corrected chi connectivity index (χ0v) is 14.7. The molecule has 2 nitrogen and oxygen atoms in total. The van der Waals surface area contributed by atoms with Gasteiger partial charge >= 0.3 is 0 Å². The molecule has 21 heavy (non-hydrogen) atoms. The minimum atomic E-state index is 0.371. The zero-order valence-electron chi connectivity index (χ0n) is 13.2. The van der Waals surface area contributed by atoms with E-state index in [4.69, 9.17) is 29.6 Å². The van der Waals surface area contributed by atoms with Crippen LogP contribution in [0.5, 0.6) is 0 Å². The van der Waals surface area contributed by atoms with Crippen LogP contribution in [0.25, 0.3) is 0 Å². The van der Waals surface area contributed by atoms with E-state index in [1.54, 1.807) is 0 Å². The lowest BCUT2D eigenvalue weighted by Crippen LogP contribution is -2.28. The highest BCUT2D eigenvalue weighted by Crippen LogP contribution is 2.36. The van der Waals surface area contributed by atoms with Gasteiger partial charge in [-0.1, -0.05) is 50.7 Å². The van der Waals surface area contributed by atoms with Crippen LogP contribution in [0.15, 0.2) is 18.2 Å². The van der Waals surface area contributed by atoms with Crippen LogP contribution < -0.4 is 10.6 Å². The number of nitrogens with zero attached hydrogens (tertiary/aromatic N) is 1. The largest absolute Gasteiger partial charge is 0.389 e. The normalized spacial score (nSPS) is 20.2. The van der Waals surface area contributed by atoms with E-state index in [0.29, 0.717) is 15.4 Å². The molecular weight excluding hydrogens is 300 g/mol. The maximum atomic E-state index is 6.29. The third kappa shape index (κ3) is 3.89. The van der Waals surface area contributed by atoms with Gasteiger partial charge in [0.05, 0.1) is 10.6 Å². The molecule has 1 heterocycles. The third-order valence-electron chi connectivity index (χ3n) is 4.53. The van der Waals surface area contributed by atoms with Crippen molar-refractivity contribution in [2.24, 2.45) is 17.1 Å². The van der Waals surface area contributed by atoms with E-state index in [2.05, 4.69) is 31.7 Å². The van der Waals surface area contributed by atoms with E-state index >= 15 is 0 Å². The predicted molar refractivity (Wildman–Crippen MR) is 96.3 cm³/mol. The van der Waals surface area contributed by atoms with Crippen LogP contribution in [0, 0.1) is 11.3 Å². The van der Waals surface area contributed by atoms with E-state index in [1.807, 2.05) is 12.1 Å². The lowest BCUT2D eigenvalue weighted by Gasteiger charge is -2.30. The number of anilines is 1. The summed E-state index contributed by atoms with van der Waals surface area (Å²) in [6.07, 6.45) is 3.68. The van der Waals surface area contributed by atoms with Crippen LogP contribution in [-0.4, -0.2) is 18.1 Å². The summed E-state index contributed by atoms with van der Waals surface area (Å²) in [7, 11) is 0. The van der Waals surface area contributed by atoms with Gasteiger partial charge in [-0.2, -0.15) is 0 Å². The first-order chi connectivity index (χ1) is 9.80. The van der Waals surface area contributed by atoms with Gasteiger partial charge in [0.2, 0.25) is 0 Å². The SMILES string of the molecule is CC(C)(C)C1CCCN(c2cccc(Cl)c2C(N)=S)CC1. The molecule has 0 aliphatic carbocycles. The van der Waals surface area contributed by atoms with Crippen molar-refractivity contribution in [1.82, 2.24) is 0 Å². The summed E-state index contributed by atoms with van der Waals surface area (Å²) in [6, 6.07) is 5.92. The van der Waals surface area contributed by atoms with Gasteiger partial charge in [0.25, 0.3) is 0 Å². The van der Waals surface area contributed by atoms with Crippen molar-refractivity contribution in [3.05, 3.63) is 28.8 Å². The van der Waals surface area contributed by atoms with Gasteiger partial charge in [-0.25, -0.2) is 0 Å². The minimum Gasteiger partial charge on any atom is -0.389 e. The van der Waals surface area contributed by atoms with Crippen molar-refractivity contribution in [2.45, 2.75) is 40.0 Å². The first-order valence-electron chi connectivity index (χ1n) is 7.64. The van der Waals surface area contributed by atoms with Gasteiger partial charge in [-0.05, 0) is 42.7 Å². The second kappa shape index (κ2) is 6.53. The Hall–Kier alpha value is -0.800. The lowest BCUT2D eigenvalue weighted by atomic mass is 9.77. The fourth-order valence-corrected chi connectivity index (χ4v) is 3.77. The molecular formula is C17H25ClN2S. The number of rotatable bonds is 2. The Morgan fingerprint density at radius 2 is 2.00 bits per heavy atom. The lowest BCUT2D eigenvalue weighted by molar-refractivity contribution is 0.220. The highest BCUT2D eigenvalue weighted by Gasteiger charge is 2.28. The summed E-state index contributed by atoms with van der Waals surface area (Å²) in [5.41, 5.74) is 8.16. The van der Waals surface area contributed by atoms with Crippen LogP contribution in [0.3, 0.4) is 0 Å². The molecule has 1 saturated heterocycles. The van der Waals surface area contributed by atoms with E-state index in [0.717, 1.165) is 30.3 Å². The number of hydrogen-bond acceptors (Lipinski definition) is 2. The Balaban J connectivity index is 2.24. The van der Waals surface area contributed by atoms with Crippen molar-refractivity contribution in [3.63, 3.8) is 0 Å². The summed E-state index contributed by atoms with van der Waals surface area (Å²) >= 11 is 11.5. The van der Waals surface area contributed by atoms with E-state index in [9.17, 15) is 0 Å². The minimum absolute atomic E-state index is 0.371. The Morgan fingerprint density at radius 1 is 1.29 bits per heavy atom. The fourth-order valence-electron chi connectivity index (χ4n) is 3.22. The van der Waals surface area contributed by atoms with Gasteiger partial charge < -0.3 is 10.6 Å². The highest BCUT2D eigenvalue weighted by atomic mass is 35.5. The van der Waals surface area contributed by atoms with Gasteiger partial charge in [0.1, 0.15) is 4.99 Å². The van der Waals surface area contributed by atoms with Crippen molar-refractivity contribution >= 4 is 34.5 Å². The standard InChI is InChI=1S/C17H25ClN2S/c1-17(2,3)12-6-5-10-20(11-9-12)14-8-4-7-13(18)15(14)16(19)21/h4,7-8,12H,5-6,9-11H2,1-3H3,(H2,19,21). The number of thiocarbonyl (C=S) groups is 1. The molecule has 0 spiro atoms. The summed E-state index contributed by atoms with van der Waals surface area (Å²) in [4.78, 5) is 2.78. The number of halogens is 1. The Morgan fingerprint density at radius 3 is 2.62 bits per heavy atom. The molecule has 0 aromatic heterocycles. The Labute approximate surface area is 138 Å². The molecule has 0 bridgehead atoms. The zero-order chi connectivity index (χ0) is 15.6. The Bertz CT molecular complexity index is 522. The maximum Gasteiger partial charge on any atom is 0.107 e. The van der Waals surface area contributed by atoms with Gasteiger partial charge in [0, 0.05) is 18.8 Å². The number of nitrogens with two attached hydrogens (primary N) is 1. The summed E-state index contributed by atoms with van der Waals surface area (Å²) in [5.74, 6) is 0.759. The van der Waals surface area contributed by atoms with Crippen LogP contribution in [-0.2, 0) is 0 Å². The number of hydrogen-bond donors (Lipinski definition) is 1. The predicted octanol–water partition coefficient (Wildman–Crippen LogP) is 4.63. The van der Waals surface area contributed by atoms with Crippen LogP contribution >= 0.6 is 23.8 Å². The molecule has 2 N–H and O–H groups in total. The maximum absolute atomic E-state index is 6.29. The molecule has 0 radical (unpaired) electrons. The number of benzene rings is 1. The molecule has 0 amide bonds. The molecule has 1 aromatic carbocycles. The van der Waals surface area contributed by atoms with Gasteiger partial charge in [-0.15, -0.1) is 0 Å². The highest BCUT2D eigenvalue weighted by molar-refractivity contribution is 7.80. The van der Waals surface area contributed by atoms with Crippen LogP contribution in [0.2, 0.25) is 5.02 Å². The summed E-state index contributed by atoms with van der Waals surface area (Å²) < 4.78 is 0. The molecule has 1 fully saturated rings. The molecule has 1 aliphatic heterocycles. The van der Waals surface area contributed by atoms with Crippen molar-refractivity contribution < 1.29 is 0 Å². The first kappa shape index (κ1) is 16.6. The van der Waals surface area contributed by atoms with Crippen molar-refractivity contribution in [3.8, 4) is 0 Å². The quantitative estimate of drug-likeness (QED) is 0.804. The van der Waals surface area contributed by atoms with E-state index < -0.39 is 0 Å². The summed E-state index contributed by atoms with van der Waals surface area (Å²) in [6.45, 7) is 9.11. The average molecular weight is 325 g/mol. The van der Waals surface area contributed by atoms with Gasteiger partial charge in [0.15, 0.2) is 0 Å². The van der Waals surface area contributed by atoms with Gasteiger partial charge in [-0.3, -0.25) is 0 Å². The second-order valence-corrected chi connectivity index (χ2v) is 7.83. The molecule has 1 aromatic rings. The molecule has 0 saturated carbocycles. The Kier molecular flexibility index (Phi) is 5.15. The molecule has 2 rings (SSSR count). The van der Waals surface area contributed by atoms with E-state index in [1.165, 1.54) is 19.3 Å². The topological polar surface area (TPSA) is 29.3 Å². The molecule has 1 atom stereocenters. The summed E-state index contributed by atoms with van der Waals surface area (Å²) in [5, 5.41) is 0.650. The van der Waals surface area contributed by atoms with Crippen LogP contribution in [0.1, 0.15) is 45.6 Å². The molecule has 4 heteroatoms. The molecule has 1 aliphatic rings. The molecule has 116 valence electrons.